The number of hydrogen-bond acceptors (Lipinski definition) is 5. The van der Waals surface area contributed by atoms with Crippen LogP contribution in [0.3, 0.4) is 0 Å². The Hall–Kier alpha value is -2.69. The molecule has 0 atom stereocenters. The van der Waals surface area contributed by atoms with E-state index in [0.717, 1.165) is 5.56 Å². The van der Waals surface area contributed by atoms with Crippen molar-refractivity contribution in [3.05, 3.63) is 53.9 Å². The lowest BCUT2D eigenvalue weighted by Gasteiger charge is -2.03. The normalized spacial score (nSPS) is 10.7. The van der Waals surface area contributed by atoms with Crippen molar-refractivity contribution in [3.8, 4) is 11.5 Å². The SMILES string of the molecule is C=C/C=C/c1noc(-c2cc(C)cc(C(=O)OC)c2)n1. The minimum Gasteiger partial charge on any atom is -0.465 e. The molecule has 0 aliphatic rings. The van der Waals surface area contributed by atoms with Crippen LogP contribution in [0.1, 0.15) is 21.7 Å². The third-order valence-corrected chi connectivity index (χ3v) is 2.57. The fourth-order valence-corrected chi connectivity index (χ4v) is 1.72. The van der Waals surface area contributed by atoms with Gasteiger partial charge in [-0.3, -0.25) is 0 Å². The summed E-state index contributed by atoms with van der Waals surface area (Å²) in [4.78, 5) is 15.8. The average molecular weight is 270 g/mol. The highest BCUT2D eigenvalue weighted by molar-refractivity contribution is 5.90. The third-order valence-electron chi connectivity index (χ3n) is 2.57. The standard InChI is InChI=1S/C15H14N2O3/c1-4-5-6-13-16-14(20-17-13)11-7-10(2)8-12(9-11)15(18)19-3/h4-9H,1H2,2-3H3/b6-5+. The molecule has 1 heterocycles. The summed E-state index contributed by atoms with van der Waals surface area (Å²) in [5.74, 6) is 0.393. The smallest absolute Gasteiger partial charge is 0.337 e. The Morgan fingerprint density at radius 3 is 2.90 bits per heavy atom. The molecular weight excluding hydrogens is 256 g/mol. The van der Waals surface area contributed by atoms with E-state index in [1.807, 2.05) is 13.0 Å². The van der Waals surface area contributed by atoms with Gasteiger partial charge in [0.2, 0.25) is 0 Å². The monoisotopic (exact) mass is 270 g/mol. The molecule has 0 fully saturated rings. The Morgan fingerprint density at radius 1 is 1.40 bits per heavy atom. The molecule has 5 nitrogen and oxygen atoms in total. The topological polar surface area (TPSA) is 65.2 Å². The van der Waals surface area contributed by atoms with Crippen molar-refractivity contribution in [2.24, 2.45) is 0 Å². The summed E-state index contributed by atoms with van der Waals surface area (Å²) >= 11 is 0. The van der Waals surface area contributed by atoms with E-state index in [1.54, 1.807) is 30.4 Å². The molecule has 102 valence electrons. The van der Waals surface area contributed by atoms with Crippen LogP contribution in [-0.4, -0.2) is 23.2 Å². The molecular formula is C15H14N2O3. The first-order valence-electron chi connectivity index (χ1n) is 5.97. The zero-order chi connectivity index (χ0) is 14.5. The Labute approximate surface area is 116 Å². The predicted octanol–water partition coefficient (Wildman–Crippen LogP) is 3.03. The minimum atomic E-state index is -0.402. The van der Waals surface area contributed by atoms with E-state index in [0.29, 0.717) is 22.8 Å². The molecule has 1 aromatic heterocycles. The van der Waals surface area contributed by atoms with E-state index in [-0.39, 0.29) is 0 Å². The molecule has 0 spiro atoms. The number of allylic oxidation sites excluding steroid dienone is 2. The molecule has 5 heteroatoms. The van der Waals surface area contributed by atoms with Crippen molar-refractivity contribution in [1.29, 1.82) is 0 Å². The van der Waals surface area contributed by atoms with Crippen molar-refractivity contribution in [1.82, 2.24) is 10.1 Å². The summed E-state index contributed by atoms with van der Waals surface area (Å²) in [6.07, 6.45) is 5.01. The van der Waals surface area contributed by atoms with Gasteiger partial charge in [-0.1, -0.05) is 23.9 Å². The Morgan fingerprint density at radius 2 is 2.20 bits per heavy atom. The fraction of sp³-hybridized carbons (Fsp3) is 0.133. The second-order valence-electron chi connectivity index (χ2n) is 4.13. The number of benzene rings is 1. The molecule has 0 radical (unpaired) electrons. The van der Waals surface area contributed by atoms with Crippen LogP contribution in [-0.2, 0) is 4.74 Å². The lowest BCUT2D eigenvalue weighted by Crippen LogP contribution is -2.01. The van der Waals surface area contributed by atoms with Gasteiger partial charge in [0.05, 0.1) is 12.7 Å². The number of methoxy groups -OCH3 is 1. The molecule has 0 saturated carbocycles. The number of carbonyl (C=O) groups is 1. The molecule has 0 aliphatic heterocycles. The second-order valence-corrected chi connectivity index (χ2v) is 4.13. The van der Waals surface area contributed by atoms with Crippen molar-refractivity contribution < 1.29 is 14.1 Å². The average Bonchev–Trinajstić information content (AvgIpc) is 2.92. The third kappa shape index (κ3) is 3.00. The number of aromatic nitrogens is 2. The predicted molar refractivity (Wildman–Crippen MR) is 75.0 cm³/mol. The van der Waals surface area contributed by atoms with E-state index in [2.05, 4.69) is 16.7 Å². The molecule has 0 amide bonds. The van der Waals surface area contributed by atoms with Gasteiger partial charge in [0, 0.05) is 5.56 Å². The number of aryl methyl sites for hydroxylation is 1. The zero-order valence-corrected chi connectivity index (χ0v) is 11.3. The summed E-state index contributed by atoms with van der Waals surface area (Å²) in [7, 11) is 1.34. The summed E-state index contributed by atoms with van der Waals surface area (Å²) in [5, 5.41) is 3.82. The Balaban J connectivity index is 2.39. The van der Waals surface area contributed by atoms with Crippen LogP contribution in [0.2, 0.25) is 0 Å². The number of carbonyl (C=O) groups excluding carboxylic acids is 1. The lowest BCUT2D eigenvalue weighted by atomic mass is 10.1. The van der Waals surface area contributed by atoms with Gasteiger partial charge in [-0.05, 0) is 36.8 Å². The van der Waals surface area contributed by atoms with Crippen molar-refractivity contribution >= 4 is 12.0 Å². The van der Waals surface area contributed by atoms with Gasteiger partial charge >= 0.3 is 5.97 Å². The van der Waals surface area contributed by atoms with Crippen LogP contribution in [0.5, 0.6) is 0 Å². The molecule has 20 heavy (non-hydrogen) atoms. The highest BCUT2D eigenvalue weighted by Gasteiger charge is 2.12. The van der Waals surface area contributed by atoms with Crippen molar-refractivity contribution in [2.45, 2.75) is 6.92 Å². The summed E-state index contributed by atoms with van der Waals surface area (Å²) in [5.41, 5.74) is 2.03. The molecule has 0 unspecified atom stereocenters. The van der Waals surface area contributed by atoms with Gasteiger partial charge in [-0.15, -0.1) is 0 Å². The zero-order valence-electron chi connectivity index (χ0n) is 11.3. The second kappa shape index (κ2) is 5.97. The summed E-state index contributed by atoms with van der Waals surface area (Å²) < 4.78 is 9.88. The molecule has 2 aromatic rings. The number of rotatable bonds is 4. The van der Waals surface area contributed by atoms with E-state index in [4.69, 9.17) is 9.26 Å². The molecule has 2 rings (SSSR count). The molecule has 0 N–H and O–H groups in total. The van der Waals surface area contributed by atoms with E-state index >= 15 is 0 Å². The van der Waals surface area contributed by atoms with Crippen LogP contribution < -0.4 is 0 Å². The summed E-state index contributed by atoms with van der Waals surface area (Å²) in [6, 6.07) is 5.26. The van der Waals surface area contributed by atoms with Crippen LogP contribution in [0.25, 0.3) is 17.5 Å². The van der Waals surface area contributed by atoms with Crippen molar-refractivity contribution in [3.63, 3.8) is 0 Å². The number of esters is 1. The maximum Gasteiger partial charge on any atom is 0.337 e. The summed E-state index contributed by atoms with van der Waals surface area (Å²) in [6.45, 7) is 5.45. The van der Waals surface area contributed by atoms with Crippen molar-refractivity contribution in [2.75, 3.05) is 7.11 Å². The molecule has 0 bridgehead atoms. The number of ether oxygens (including phenoxy) is 1. The van der Waals surface area contributed by atoms with Gasteiger partial charge in [0.25, 0.3) is 5.89 Å². The maximum absolute atomic E-state index is 11.6. The largest absolute Gasteiger partial charge is 0.465 e. The maximum atomic E-state index is 11.6. The van der Waals surface area contributed by atoms with Gasteiger partial charge < -0.3 is 9.26 Å². The lowest BCUT2D eigenvalue weighted by molar-refractivity contribution is 0.0600. The molecule has 0 aliphatic carbocycles. The quantitative estimate of drug-likeness (QED) is 0.631. The first-order valence-corrected chi connectivity index (χ1v) is 5.97. The van der Waals surface area contributed by atoms with E-state index in [9.17, 15) is 4.79 Å². The van der Waals surface area contributed by atoms with E-state index in [1.165, 1.54) is 7.11 Å². The van der Waals surface area contributed by atoms with Crippen LogP contribution >= 0.6 is 0 Å². The van der Waals surface area contributed by atoms with E-state index < -0.39 is 5.97 Å². The first kappa shape index (κ1) is 13.7. The van der Waals surface area contributed by atoms with Crippen LogP contribution in [0, 0.1) is 6.92 Å². The van der Waals surface area contributed by atoms with Gasteiger partial charge in [0.1, 0.15) is 0 Å². The van der Waals surface area contributed by atoms with Crippen LogP contribution in [0.4, 0.5) is 0 Å². The number of nitrogens with zero attached hydrogens (tertiary/aromatic N) is 2. The van der Waals surface area contributed by atoms with Gasteiger partial charge in [-0.25, -0.2) is 4.79 Å². The van der Waals surface area contributed by atoms with Gasteiger partial charge in [-0.2, -0.15) is 4.98 Å². The molecule has 1 aromatic carbocycles. The van der Waals surface area contributed by atoms with Crippen LogP contribution in [0.15, 0.2) is 41.5 Å². The first-order chi connectivity index (χ1) is 9.63. The van der Waals surface area contributed by atoms with Gasteiger partial charge in [0.15, 0.2) is 5.82 Å². The highest BCUT2D eigenvalue weighted by Crippen LogP contribution is 2.21. The Bertz CT molecular complexity index is 672. The number of hydrogen-bond donors (Lipinski definition) is 0. The minimum absolute atomic E-state index is 0.350. The Kier molecular flexibility index (Phi) is 4.10. The fourth-order valence-electron chi connectivity index (χ4n) is 1.72. The molecule has 0 saturated heterocycles. The highest BCUT2D eigenvalue weighted by atomic mass is 16.5.